The van der Waals surface area contributed by atoms with Crippen molar-refractivity contribution in [1.29, 1.82) is 0 Å². The third-order valence-electron chi connectivity index (χ3n) is 18.7. The van der Waals surface area contributed by atoms with Gasteiger partial charge in [-0.3, -0.25) is 0 Å². The van der Waals surface area contributed by atoms with E-state index in [1.165, 1.54) is 144 Å². The first-order valence-corrected chi connectivity index (χ1v) is 30.6. The van der Waals surface area contributed by atoms with Gasteiger partial charge in [0.1, 0.15) is 0 Å². The van der Waals surface area contributed by atoms with Crippen LogP contribution >= 0.6 is 0 Å². The summed E-state index contributed by atoms with van der Waals surface area (Å²) >= 11 is 0. The van der Waals surface area contributed by atoms with Gasteiger partial charge in [0.25, 0.3) is 0 Å². The van der Waals surface area contributed by atoms with Gasteiger partial charge in [0.15, 0.2) is 0 Å². The van der Waals surface area contributed by atoms with E-state index in [1.807, 2.05) is 0 Å². The van der Waals surface area contributed by atoms with E-state index in [2.05, 4.69) is 351 Å². The molecule has 0 saturated heterocycles. The van der Waals surface area contributed by atoms with Crippen molar-refractivity contribution in [2.24, 2.45) is 0 Å². The smallest absolute Gasteiger partial charge is 0.0714 e. The number of anilines is 3. The molecule has 1 heteroatoms. The maximum absolute atomic E-state index is 2.66. The van der Waals surface area contributed by atoms with Crippen LogP contribution in [0.25, 0.3) is 122 Å². The van der Waals surface area contributed by atoms with Crippen molar-refractivity contribution >= 4 is 38.6 Å². The van der Waals surface area contributed by atoms with Gasteiger partial charge >= 0.3 is 0 Å². The maximum atomic E-state index is 2.66. The molecule has 0 saturated carbocycles. The van der Waals surface area contributed by atoms with E-state index in [0.717, 1.165) is 17.1 Å². The fourth-order valence-corrected chi connectivity index (χ4v) is 15.0. The summed E-state index contributed by atoms with van der Waals surface area (Å²) in [4.78, 5) is 2.41. The normalized spacial score (nSPS) is 12.4. The second-order valence-corrected chi connectivity index (χ2v) is 23.3. The van der Waals surface area contributed by atoms with Crippen LogP contribution in [0, 0.1) is 0 Å². The summed E-state index contributed by atoms with van der Waals surface area (Å²) in [7, 11) is 0. The van der Waals surface area contributed by atoms with E-state index in [-0.39, 0.29) is 0 Å². The van der Waals surface area contributed by atoms with Crippen LogP contribution in [0.15, 0.2) is 346 Å². The highest BCUT2D eigenvalue weighted by molar-refractivity contribution is 6.31. The Balaban J connectivity index is 1.05. The van der Waals surface area contributed by atoms with Crippen LogP contribution in [-0.2, 0) is 5.41 Å². The van der Waals surface area contributed by atoms with Gasteiger partial charge in [-0.25, -0.2) is 0 Å². The topological polar surface area (TPSA) is 3.24 Å². The average Bonchev–Trinajstić information content (AvgIpc) is 1.55. The summed E-state index contributed by atoms with van der Waals surface area (Å²) in [6, 6.07) is 129. The molecule has 0 radical (unpaired) electrons. The van der Waals surface area contributed by atoms with Gasteiger partial charge in [-0.05, 0) is 199 Å². The van der Waals surface area contributed by atoms with Gasteiger partial charge in [-0.15, -0.1) is 0 Å². The predicted octanol–water partition coefficient (Wildman–Crippen LogP) is 23.5. The Morgan fingerprint density at radius 1 is 0.193 bits per heavy atom. The van der Waals surface area contributed by atoms with Crippen molar-refractivity contribution in [3.8, 4) is 100 Å². The number of para-hydroxylation sites is 2. The molecule has 2 aliphatic carbocycles. The van der Waals surface area contributed by atoms with E-state index in [4.69, 9.17) is 0 Å². The number of nitrogens with zero attached hydrogens (tertiary/aromatic N) is 1. The minimum Gasteiger partial charge on any atom is -0.310 e. The molecule has 2 aliphatic rings. The number of hydrogen-bond donors (Lipinski definition) is 0. The van der Waals surface area contributed by atoms with Crippen LogP contribution in [-0.4, -0.2) is 0 Å². The highest BCUT2D eigenvalue weighted by Gasteiger charge is 2.49. The Morgan fingerprint density at radius 2 is 0.591 bits per heavy atom. The van der Waals surface area contributed by atoms with Gasteiger partial charge < -0.3 is 4.90 Å². The fraction of sp³-hybridized carbons (Fsp3) is 0.0115. The molecular formula is C87H57N. The predicted molar refractivity (Wildman–Crippen MR) is 370 cm³/mol. The van der Waals surface area contributed by atoms with Crippen LogP contribution in [0.2, 0.25) is 0 Å². The highest BCUT2D eigenvalue weighted by atomic mass is 15.1. The lowest BCUT2D eigenvalue weighted by Crippen LogP contribution is -2.29. The minimum absolute atomic E-state index is 0.752. The molecule has 15 aromatic carbocycles. The van der Waals surface area contributed by atoms with Crippen LogP contribution < -0.4 is 4.90 Å². The lowest BCUT2D eigenvalue weighted by molar-refractivity contribution is 0.769. The average molecular weight is 1120 g/mol. The zero-order valence-corrected chi connectivity index (χ0v) is 48.4. The van der Waals surface area contributed by atoms with E-state index in [0.29, 0.717) is 0 Å². The van der Waals surface area contributed by atoms with E-state index in [9.17, 15) is 0 Å². The lowest BCUT2D eigenvalue weighted by Gasteiger charge is -2.35. The molecule has 0 atom stereocenters. The van der Waals surface area contributed by atoms with Crippen LogP contribution in [0.5, 0.6) is 0 Å². The second-order valence-electron chi connectivity index (χ2n) is 23.3. The van der Waals surface area contributed by atoms with Crippen molar-refractivity contribution in [1.82, 2.24) is 0 Å². The third kappa shape index (κ3) is 8.02. The van der Waals surface area contributed by atoms with Crippen molar-refractivity contribution in [2.45, 2.75) is 5.41 Å². The third-order valence-corrected chi connectivity index (χ3v) is 18.7. The summed E-state index contributed by atoms with van der Waals surface area (Å²) in [6.07, 6.45) is 0. The lowest BCUT2D eigenvalue weighted by atomic mass is 9.67. The first kappa shape index (κ1) is 51.1. The quantitative estimate of drug-likeness (QED) is 0.125. The molecule has 0 N–H and O–H groups in total. The summed E-state index contributed by atoms with van der Waals surface area (Å²) in [6.45, 7) is 0. The first-order valence-electron chi connectivity index (χ1n) is 30.6. The Bertz CT molecular complexity index is 5060. The Kier molecular flexibility index (Phi) is 12.2. The van der Waals surface area contributed by atoms with Gasteiger partial charge in [-0.2, -0.15) is 0 Å². The summed E-state index contributed by atoms with van der Waals surface area (Å²) < 4.78 is 0. The van der Waals surface area contributed by atoms with Crippen molar-refractivity contribution < 1.29 is 0 Å². The molecule has 15 aromatic rings. The van der Waals surface area contributed by atoms with E-state index < -0.39 is 5.41 Å². The van der Waals surface area contributed by atoms with Gasteiger partial charge in [0, 0.05) is 17.1 Å². The number of hydrogen-bond acceptors (Lipinski definition) is 1. The molecular weight excluding hydrogens is 1060 g/mol. The molecule has 0 unspecified atom stereocenters. The molecule has 0 amide bonds. The zero-order valence-electron chi connectivity index (χ0n) is 48.4. The largest absolute Gasteiger partial charge is 0.310 e. The molecule has 0 aromatic heterocycles. The zero-order chi connectivity index (χ0) is 58.1. The number of benzene rings is 15. The Labute approximate surface area is 514 Å². The molecule has 0 aliphatic heterocycles. The fourth-order valence-electron chi connectivity index (χ4n) is 15.0. The highest BCUT2D eigenvalue weighted by Crippen LogP contribution is 2.65. The van der Waals surface area contributed by atoms with Crippen molar-refractivity contribution in [2.75, 3.05) is 4.90 Å². The molecule has 0 fully saturated rings. The minimum atomic E-state index is -0.752. The molecule has 0 bridgehead atoms. The second kappa shape index (κ2) is 21.0. The van der Waals surface area contributed by atoms with Crippen LogP contribution in [0.3, 0.4) is 0 Å². The summed E-state index contributed by atoms with van der Waals surface area (Å²) in [5.74, 6) is 0. The number of rotatable bonds is 11. The molecule has 17 rings (SSSR count). The van der Waals surface area contributed by atoms with Crippen molar-refractivity contribution in [3.05, 3.63) is 368 Å². The maximum Gasteiger partial charge on any atom is 0.0714 e. The molecule has 88 heavy (non-hydrogen) atoms. The van der Waals surface area contributed by atoms with Crippen LogP contribution in [0.4, 0.5) is 17.1 Å². The van der Waals surface area contributed by atoms with Gasteiger partial charge in [-0.1, -0.05) is 291 Å². The molecule has 410 valence electrons. The van der Waals surface area contributed by atoms with E-state index in [1.54, 1.807) is 0 Å². The number of fused-ring (bicyclic) bond motifs is 8. The monoisotopic (exact) mass is 1120 g/mol. The standard InChI is InChI=1S/C87H57N/c1-9-28-58(29-10-1)62-48-51-69(60-32-13-3-14-33-60)76(54-62)83-71-44-25-26-45-72(71)84(77-55-63(59-30-11-2-12-31-59)49-52-70(77)61-34-15-4-16-35-61)86-78-57-80-82(74-46-27-47-75(81(74)78)85(83)86)73-53-50-68(88(66-40-21-7-22-41-66)67-42-23-8-24-43-67)56-79(73)87(80,64-36-17-5-18-37-64)65-38-19-6-20-39-65/h1-57H. The first-order chi connectivity index (χ1) is 43.7. The summed E-state index contributed by atoms with van der Waals surface area (Å²) in [5, 5.41) is 4.94. The Morgan fingerprint density at radius 3 is 1.07 bits per heavy atom. The van der Waals surface area contributed by atoms with Gasteiger partial charge in [0.2, 0.25) is 0 Å². The summed E-state index contributed by atoms with van der Waals surface area (Å²) in [5.41, 5.74) is 29.3. The van der Waals surface area contributed by atoms with Crippen LogP contribution in [0.1, 0.15) is 22.3 Å². The SMILES string of the molecule is c1ccc(-c2ccc(-c3ccccc3)c(-c3c4c(c(-c5cc(-c6ccccc6)ccc5-c5ccccc5)c5ccccc35)-c3cc5c(c6cccc-4c36)-c3ccc(N(c4ccccc4)c4ccccc4)cc3C5(c3ccccc3)c3ccccc3)c2)cc1. The molecule has 0 heterocycles. The molecule has 1 nitrogen and oxygen atoms in total. The van der Waals surface area contributed by atoms with E-state index >= 15 is 0 Å². The van der Waals surface area contributed by atoms with Gasteiger partial charge in [0.05, 0.1) is 5.41 Å². The van der Waals surface area contributed by atoms with Crippen molar-refractivity contribution in [3.63, 3.8) is 0 Å². The molecule has 0 spiro atoms. The Hall–Kier alpha value is -11.4.